The van der Waals surface area contributed by atoms with Crippen molar-refractivity contribution in [3.63, 3.8) is 0 Å². The van der Waals surface area contributed by atoms with Crippen molar-refractivity contribution in [2.45, 2.75) is 6.04 Å². The first kappa shape index (κ1) is 11.6. The minimum atomic E-state index is -0.0313. The van der Waals surface area contributed by atoms with E-state index >= 15 is 0 Å². The Morgan fingerprint density at radius 1 is 1.39 bits per heavy atom. The van der Waals surface area contributed by atoms with Gasteiger partial charge in [-0.3, -0.25) is 0 Å². The van der Waals surface area contributed by atoms with Crippen LogP contribution in [0.3, 0.4) is 0 Å². The molecule has 0 amide bonds. The van der Waals surface area contributed by atoms with Crippen molar-refractivity contribution in [3.8, 4) is 0 Å². The first-order valence-electron chi connectivity index (χ1n) is 5.41. The molecule has 0 saturated carbocycles. The number of rotatable bonds is 3. The Labute approximate surface area is 113 Å². The molecular formula is C12H10ClN3OS. The largest absolute Gasteiger partial charge is 0.459 e. The van der Waals surface area contributed by atoms with Crippen LogP contribution in [0.15, 0.2) is 34.9 Å². The number of nitrogens with zero attached hydrogens (tertiary/aromatic N) is 2. The molecule has 18 heavy (non-hydrogen) atoms. The molecule has 3 rings (SSSR count). The minimum Gasteiger partial charge on any atom is -0.459 e. The summed E-state index contributed by atoms with van der Waals surface area (Å²) in [6.45, 7) is 0. The molecular weight excluding hydrogens is 270 g/mol. The van der Waals surface area contributed by atoms with Gasteiger partial charge < -0.3 is 9.73 Å². The fourth-order valence-electron chi connectivity index (χ4n) is 1.90. The predicted molar refractivity (Wildman–Crippen MR) is 72.0 cm³/mol. The second kappa shape index (κ2) is 4.68. The van der Waals surface area contributed by atoms with Gasteiger partial charge in [-0.1, -0.05) is 16.1 Å². The number of aromatic nitrogens is 2. The number of nitrogens with one attached hydrogen (secondary N) is 1. The van der Waals surface area contributed by atoms with E-state index in [4.69, 9.17) is 16.0 Å². The van der Waals surface area contributed by atoms with Crippen molar-refractivity contribution in [3.05, 3.63) is 46.1 Å². The Hall–Kier alpha value is -1.43. The molecule has 1 aromatic carbocycles. The van der Waals surface area contributed by atoms with Gasteiger partial charge in [0.05, 0.1) is 11.1 Å². The number of fused-ring (bicyclic) bond motifs is 1. The summed E-state index contributed by atoms with van der Waals surface area (Å²) < 4.78 is 9.70. The lowest BCUT2D eigenvalue weighted by Crippen LogP contribution is -2.15. The first-order chi connectivity index (χ1) is 8.78. The highest BCUT2D eigenvalue weighted by molar-refractivity contribution is 7.05. The molecule has 2 heterocycles. The molecule has 92 valence electrons. The summed E-state index contributed by atoms with van der Waals surface area (Å²) in [4.78, 5) is 1.02. The second-order valence-corrected chi connectivity index (χ2v) is 5.13. The van der Waals surface area contributed by atoms with Gasteiger partial charge in [0.2, 0.25) is 0 Å². The Morgan fingerprint density at radius 2 is 2.28 bits per heavy atom. The summed E-state index contributed by atoms with van der Waals surface area (Å²) in [5.41, 5.74) is 0.826. The number of benzene rings is 1. The predicted octanol–water partition coefficient (Wildman–Crippen LogP) is 3.25. The molecule has 2 aromatic heterocycles. The smallest absolute Gasteiger partial charge is 0.134 e. The third-order valence-corrected chi connectivity index (χ3v) is 3.70. The third-order valence-electron chi connectivity index (χ3n) is 2.73. The molecule has 0 aliphatic heterocycles. The lowest BCUT2D eigenvalue weighted by atomic mass is 10.2. The van der Waals surface area contributed by atoms with Gasteiger partial charge in [-0.2, -0.15) is 0 Å². The van der Waals surface area contributed by atoms with Crippen molar-refractivity contribution < 1.29 is 4.42 Å². The van der Waals surface area contributed by atoms with Crippen LogP contribution in [0.4, 0.5) is 0 Å². The van der Waals surface area contributed by atoms with Gasteiger partial charge in [0.25, 0.3) is 0 Å². The summed E-state index contributed by atoms with van der Waals surface area (Å²) in [7, 11) is 1.88. The molecule has 0 fully saturated rings. The Bertz CT molecular complexity index is 665. The number of halogens is 1. The molecule has 0 saturated heterocycles. The Kier molecular flexibility index (Phi) is 3.03. The summed E-state index contributed by atoms with van der Waals surface area (Å²) in [6.07, 6.45) is 1.74. The molecule has 1 N–H and O–H groups in total. The van der Waals surface area contributed by atoms with E-state index in [-0.39, 0.29) is 6.04 Å². The zero-order chi connectivity index (χ0) is 12.5. The highest BCUT2D eigenvalue weighted by Crippen LogP contribution is 2.30. The van der Waals surface area contributed by atoms with E-state index in [2.05, 4.69) is 14.9 Å². The summed E-state index contributed by atoms with van der Waals surface area (Å²) in [5, 5.41) is 8.75. The van der Waals surface area contributed by atoms with Gasteiger partial charge in [-0.15, -0.1) is 5.10 Å². The van der Waals surface area contributed by atoms with Crippen LogP contribution in [-0.4, -0.2) is 16.6 Å². The molecule has 0 radical (unpaired) electrons. The minimum absolute atomic E-state index is 0.0313. The number of hydrogen-bond acceptors (Lipinski definition) is 5. The number of hydrogen-bond donors (Lipinski definition) is 1. The molecule has 0 aliphatic carbocycles. The van der Waals surface area contributed by atoms with Gasteiger partial charge >= 0.3 is 0 Å². The van der Waals surface area contributed by atoms with E-state index in [1.807, 2.05) is 31.3 Å². The van der Waals surface area contributed by atoms with Crippen LogP contribution in [0.25, 0.3) is 11.0 Å². The Balaban J connectivity index is 2.07. The zero-order valence-corrected chi connectivity index (χ0v) is 11.1. The molecule has 0 bridgehead atoms. The lowest BCUT2D eigenvalue weighted by Gasteiger charge is -2.09. The molecule has 1 unspecified atom stereocenters. The molecule has 4 nitrogen and oxygen atoms in total. The summed E-state index contributed by atoms with van der Waals surface area (Å²) in [6, 6.07) is 7.54. The lowest BCUT2D eigenvalue weighted by molar-refractivity contribution is 0.495. The van der Waals surface area contributed by atoms with E-state index < -0.39 is 0 Å². The van der Waals surface area contributed by atoms with Crippen molar-refractivity contribution in [2.75, 3.05) is 7.05 Å². The van der Waals surface area contributed by atoms with Crippen molar-refractivity contribution in [1.82, 2.24) is 14.9 Å². The van der Waals surface area contributed by atoms with Crippen LogP contribution < -0.4 is 5.32 Å². The fraction of sp³-hybridized carbons (Fsp3) is 0.167. The van der Waals surface area contributed by atoms with Gasteiger partial charge in [0.1, 0.15) is 17.4 Å². The molecule has 0 aliphatic rings. The maximum atomic E-state index is 5.97. The first-order valence-corrected chi connectivity index (χ1v) is 6.56. The van der Waals surface area contributed by atoms with Crippen LogP contribution in [-0.2, 0) is 0 Å². The van der Waals surface area contributed by atoms with Gasteiger partial charge in [0, 0.05) is 10.4 Å². The Morgan fingerprint density at radius 3 is 3.00 bits per heavy atom. The maximum Gasteiger partial charge on any atom is 0.134 e. The second-order valence-electron chi connectivity index (χ2n) is 3.87. The standard InChI is InChI=1S/C12H10ClN3OS/c1-14-12(11-6-15-16-18-11)10-5-7-4-8(13)2-3-9(7)17-10/h2-6,12,14H,1H3. The molecule has 0 spiro atoms. The molecule has 1 atom stereocenters. The topological polar surface area (TPSA) is 51.0 Å². The number of furan rings is 1. The van der Waals surface area contributed by atoms with Crippen LogP contribution in [0.5, 0.6) is 0 Å². The average molecular weight is 280 g/mol. The van der Waals surface area contributed by atoms with E-state index in [1.54, 1.807) is 6.20 Å². The summed E-state index contributed by atoms with van der Waals surface area (Å²) in [5.74, 6) is 0.834. The monoisotopic (exact) mass is 279 g/mol. The van der Waals surface area contributed by atoms with Crippen LogP contribution in [0.2, 0.25) is 5.02 Å². The van der Waals surface area contributed by atoms with E-state index in [0.717, 1.165) is 21.6 Å². The highest BCUT2D eigenvalue weighted by atomic mass is 35.5. The van der Waals surface area contributed by atoms with Crippen LogP contribution in [0, 0.1) is 0 Å². The molecule has 6 heteroatoms. The highest BCUT2D eigenvalue weighted by Gasteiger charge is 2.18. The molecule has 3 aromatic rings. The van der Waals surface area contributed by atoms with Crippen molar-refractivity contribution in [2.24, 2.45) is 0 Å². The van der Waals surface area contributed by atoms with Gasteiger partial charge in [0.15, 0.2) is 0 Å². The summed E-state index contributed by atoms with van der Waals surface area (Å²) >= 11 is 7.32. The van der Waals surface area contributed by atoms with E-state index in [9.17, 15) is 0 Å². The van der Waals surface area contributed by atoms with Crippen LogP contribution >= 0.6 is 23.1 Å². The maximum absolute atomic E-state index is 5.97. The average Bonchev–Trinajstić information content (AvgIpc) is 2.98. The van der Waals surface area contributed by atoms with Crippen molar-refractivity contribution >= 4 is 34.1 Å². The van der Waals surface area contributed by atoms with Crippen molar-refractivity contribution in [1.29, 1.82) is 0 Å². The van der Waals surface area contributed by atoms with Crippen LogP contribution in [0.1, 0.15) is 16.7 Å². The fourth-order valence-corrected chi connectivity index (χ4v) is 2.71. The SMILES string of the molecule is CNC(c1cc2cc(Cl)ccc2o1)c1cnns1. The quantitative estimate of drug-likeness (QED) is 0.800. The normalized spacial score (nSPS) is 13.0. The van der Waals surface area contributed by atoms with E-state index in [1.165, 1.54) is 11.5 Å². The van der Waals surface area contributed by atoms with E-state index in [0.29, 0.717) is 5.02 Å². The van der Waals surface area contributed by atoms with Gasteiger partial charge in [-0.25, -0.2) is 0 Å². The van der Waals surface area contributed by atoms with Gasteiger partial charge in [-0.05, 0) is 42.8 Å². The zero-order valence-electron chi connectivity index (χ0n) is 9.55. The third kappa shape index (κ3) is 2.01.